The van der Waals surface area contributed by atoms with Crippen molar-refractivity contribution in [2.24, 2.45) is 5.92 Å². The molecule has 0 spiro atoms. The molecule has 0 fully saturated rings. The molecule has 5 nitrogen and oxygen atoms in total. The molecule has 2 aromatic heterocycles. The van der Waals surface area contributed by atoms with Gasteiger partial charge in [0.05, 0.1) is 16.7 Å². The number of benzene rings is 1. The molecule has 3 heterocycles. The predicted octanol–water partition coefficient (Wildman–Crippen LogP) is 4.09. The van der Waals surface area contributed by atoms with Crippen LogP contribution in [0.3, 0.4) is 0 Å². The third-order valence-corrected chi connectivity index (χ3v) is 6.96. The van der Waals surface area contributed by atoms with Gasteiger partial charge in [0.2, 0.25) is 0 Å². The lowest BCUT2D eigenvalue weighted by molar-refractivity contribution is 0.544. The van der Waals surface area contributed by atoms with Gasteiger partial charge >= 0.3 is 0 Å². The second-order valence-corrected chi connectivity index (χ2v) is 9.33. The smallest absolute Gasteiger partial charge is 0.178 e. The average Bonchev–Trinajstić information content (AvgIpc) is 3.08. The number of nitrogens with zero attached hydrogens (tertiary/aromatic N) is 1. The summed E-state index contributed by atoms with van der Waals surface area (Å²) < 4.78 is 25.0. The second kappa shape index (κ2) is 6.43. The summed E-state index contributed by atoms with van der Waals surface area (Å²) in [5.74, 6) is 0.541. The predicted molar refractivity (Wildman–Crippen MR) is 104 cm³/mol. The number of fused-ring (bicyclic) bond motifs is 2. The molecule has 1 aromatic carbocycles. The number of rotatable bonds is 4. The van der Waals surface area contributed by atoms with Crippen LogP contribution in [-0.4, -0.2) is 24.1 Å². The van der Waals surface area contributed by atoms with Gasteiger partial charge in [-0.2, -0.15) is 0 Å². The molecular weight excluding hydrogens is 346 g/mol. The molecule has 1 aliphatic rings. The topological polar surface area (TPSA) is 74.8 Å². The molecule has 0 aliphatic carbocycles. The minimum atomic E-state index is -3.17. The number of nitrogens with one attached hydrogen (secondary N) is 2. The fourth-order valence-electron chi connectivity index (χ4n) is 3.71. The van der Waals surface area contributed by atoms with Crippen molar-refractivity contribution in [2.75, 3.05) is 11.1 Å². The van der Waals surface area contributed by atoms with Crippen molar-refractivity contribution in [3.8, 4) is 0 Å². The van der Waals surface area contributed by atoms with Crippen molar-refractivity contribution >= 4 is 26.6 Å². The molecule has 1 atom stereocenters. The number of aryl methyl sites for hydroxylation is 1. The Kier molecular flexibility index (Phi) is 4.23. The molecule has 0 unspecified atom stereocenters. The van der Waals surface area contributed by atoms with Crippen molar-refractivity contribution in [3.05, 3.63) is 53.9 Å². The van der Waals surface area contributed by atoms with Crippen LogP contribution < -0.4 is 5.32 Å². The number of pyridine rings is 1. The molecule has 26 heavy (non-hydrogen) atoms. The van der Waals surface area contributed by atoms with Crippen molar-refractivity contribution in [1.29, 1.82) is 0 Å². The van der Waals surface area contributed by atoms with Crippen molar-refractivity contribution in [3.63, 3.8) is 0 Å². The number of hydrogen-bond acceptors (Lipinski definition) is 4. The molecule has 0 amide bonds. The van der Waals surface area contributed by atoms with Crippen LogP contribution in [0.1, 0.15) is 37.4 Å². The molecule has 6 heteroatoms. The molecule has 136 valence electrons. The van der Waals surface area contributed by atoms with Gasteiger partial charge in [0.25, 0.3) is 0 Å². The Morgan fingerprint density at radius 3 is 2.85 bits per heavy atom. The molecule has 1 aliphatic heterocycles. The van der Waals surface area contributed by atoms with E-state index in [1.165, 1.54) is 0 Å². The number of aromatic amines is 1. The fourth-order valence-corrected chi connectivity index (χ4v) is 5.34. The van der Waals surface area contributed by atoms with E-state index in [1.54, 1.807) is 6.20 Å². The highest BCUT2D eigenvalue weighted by molar-refractivity contribution is 7.91. The van der Waals surface area contributed by atoms with Gasteiger partial charge in [-0.15, -0.1) is 0 Å². The van der Waals surface area contributed by atoms with Crippen LogP contribution in [0.5, 0.6) is 0 Å². The Bertz CT molecular complexity index is 1050. The van der Waals surface area contributed by atoms with E-state index in [4.69, 9.17) is 0 Å². The first-order valence-corrected chi connectivity index (χ1v) is 10.6. The number of anilines is 1. The highest BCUT2D eigenvalue weighted by atomic mass is 32.2. The summed E-state index contributed by atoms with van der Waals surface area (Å²) in [7, 11) is -3.17. The number of sulfone groups is 1. The quantitative estimate of drug-likeness (QED) is 0.726. The van der Waals surface area contributed by atoms with Crippen LogP contribution in [0.2, 0.25) is 0 Å². The van der Waals surface area contributed by atoms with Gasteiger partial charge in [-0.1, -0.05) is 26.0 Å². The van der Waals surface area contributed by atoms with E-state index in [-0.39, 0.29) is 11.8 Å². The van der Waals surface area contributed by atoms with Crippen molar-refractivity contribution < 1.29 is 8.42 Å². The first kappa shape index (κ1) is 17.1. The van der Waals surface area contributed by atoms with Crippen molar-refractivity contribution in [2.45, 2.75) is 37.6 Å². The lowest BCUT2D eigenvalue weighted by atomic mass is 9.94. The van der Waals surface area contributed by atoms with Gasteiger partial charge in [0.15, 0.2) is 9.84 Å². The maximum Gasteiger partial charge on any atom is 0.178 e. The van der Waals surface area contributed by atoms with E-state index in [0.29, 0.717) is 17.2 Å². The summed E-state index contributed by atoms with van der Waals surface area (Å²) in [6, 6.07) is 9.89. The monoisotopic (exact) mass is 369 g/mol. The van der Waals surface area contributed by atoms with E-state index < -0.39 is 9.84 Å². The Morgan fingerprint density at radius 2 is 2.04 bits per heavy atom. The summed E-state index contributed by atoms with van der Waals surface area (Å²) in [4.78, 5) is 7.96. The zero-order valence-electron chi connectivity index (χ0n) is 15.0. The average molecular weight is 369 g/mol. The van der Waals surface area contributed by atoms with Crippen LogP contribution in [0.25, 0.3) is 11.0 Å². The summed E-state index contributed by atoms with van der Waals surface area (Å²) in [6.07, 6.45) is 5.19. The van der Waals surface area contributed by atoms with E-state index in [2.05, 4.69) is 35.2 Å². The van der Waals surface area contributed by atoms with Crippen LogP contribution in [0, 0.1) is 5.92 Å². The Balaban J connectivity index is 1.75. The number of hydrogen-bond donors (Lipinski definition) is 2. The molecule has 3 aromatic rings. The normalized spacial score (nSPS) is 17.2. The lowest BCUT2D eigenvalue weighted by Gasteiger charge is -2.26. The van der Waals surface area contributed by atoms with E-state index in [9.17, 15) is 8.42 Å². The largest absolute Gasteiger partial charge is 0.377 e. The van der Waals surface area contributed by atoms with Gasteiger partial charge in [0, 0.05) is 23.5 Å². The fraction of sp³-hybridized carbons (Fsp3) is 0.350. The van der Waals surface area contributed by atoms with E-state index in [1.807, 2.05) is 30.5 Å². The molecule has 0 bridgehead atoms. The summed E-state index contributed by atoms with van der Waals surface area (Å²) in [5.41, 5.74) is 3.78. The van der Waals surface area contributed by atoms with Gasteiger partial charge in [-0.05, 0) is 48.1 Å². The highest BCUT2D eigenvalue weighted by Gasteiger charge is 2.26. The van der Waals surface area contributed by atoms with E-state index >= 15 is 0 Å². The first-order valence-electron chi connectivity index (χ1n) is 9.00. The summed E-state index contributed by atoms with van der Waals surface area (Å²) in [6.45, 7) is 4.28. The summed E-state index contributed by atoms with van der Waals surface area (Å²) in [5, 5.41) is 4.63. The van der Waals surface area contributed by atoms with Crippen LogP contribution in [-0.2, 0) is 16.3 Å². The Hall–Kier alpha value is -2.34. The highest BCUT2D eigenvalue weighted by Crippen LogP contribution is 2.33. The maximum atomic E-state index is 12.5. The van der Waals surface area contributed by atoms with Crippen molar-refractivity contribution in [1.82, 2.24) is 9.97 Å². The Labute approximate surface area is 153 Å². The van der Waals surface area contributed by atoms with Crippen LogP contribution in [0.4, 0.5) is 5.69 Å². The lowest BCUT2D eigenvalue weighted by Crippen LogP contribution is -2.20. The van der Waals surface area contributed by atoms with Crippen LogP contribution >= 0.6 is 0 Å². The third-order valence-electron chi connectivity index (χ3n) is 5.08. The molecular formula is C20H23N3O2S. The van der Waals surface area contributed by atoms with E-state index in [0.717, 1.165) is 34.3 Å². The van der Waals surface area contributed by atoms with Gasteiger partial charge in [-0.3, -0.25) is 0 Å². The molecule has 4 rings (SSSR count). The molecule has 0 radical (unpaired) electrons. The second-order valence-electron chi connectivity index (χ2n) is 7.25. The minimum Gasteiger partial charge on any atom is -0.377 e. The third kappa shape index (κ3) is 2.98. The maximum absolute atomic E-state index is 12.5. The standard InChI is InChI=1S/C20H23N3O2S/c1-13(2)19(23-17-8-10-22-20-16(17)7-9-21-20)15-6-5-14-4-3-11-26(24,25)18(14)12-15/h5-10,12-13,19H,3-4,11H2,1-2H3,(H2,21,22,23)/t19-/m0/s1. The number of aromatic nitrogens is 2. The Morgan fingerprint density at radius 1 is 1.19 bits per heavy atom. The molecule has 0 saturated carbocycles. The van der Waals surface area contributed by atoms with Gasteiger partial charge in [0.1, 0.15) is 5.65 Å². The minimum absolute atomic E-state index is 0.0120. The number of H-pyrrole nitrogens is 1. The zero-order chi connectivity index (χ0) is 18.3. The van der Waals surface area contributed by atoms with Gasteiger partial charge < -0.3 is 10.3 Å². The first-order chi connectivity index (χ1) is 12.5. The summed E-state index contributed by atoms with van der Waals surface area (Å²) >= 11 is 0. The molecule has 2 N–H and O–H groups in total. The van der Waals surface area contributed by atoms with Gasteiger partial charge in [-0.25, -0.2) is 13.4 Å². The molecule has 0 saturated heterocycles. The van der Waals surface area contributed by atoms with Crippen LogP contribution in [0.15, 0.2) is 47.6 Å². The SMILES string of the molecule is CC(C)[C@H](Nc1ccnc2[nH]ccc12)c1ccc2c(c1)S(=O)(=O)CCC2. The zero-order valence-corrected chi connectivity index (χ0v) is 15.8.